The van der Waals surface area contributed by atoms with Gasteiger partial charge in [0.2, 0.25) is 0 Å². The Morgan fingerprint density at radius 2 is 2.09 bits per heavy atom. The number of ether oxygens (including phenoxy) is 1. The molecule has 1 aromatic heterocycles. The number of nitrogens with zero attached hydrogens (tertiary/aromatic N) is 1. The fourth-order valence-electron chi connectivity index (χ4n) is 2.46. The van der Waals surface area contributed by atoms with E-state index >= 15 is 0 Å². The number of fused-ring (bicyclic) bond motifs is 1. The Labute approximate surface area is 136 Å². The maximum Gasteiger partial charge on any atom is 0.252 e. The fourth-order valence-corrected chi connectivity index (χ4v) is 2.46. The molecule has 0 aliphatic heterocycles. The summed E-state index contributed by atoms with van der Waals surface area (Å²) in [7, 11) is 0. The van der Waals surface area contributed by atoms with Crippen LogP contribution in [0.5, 0.6) is 0 Å². The lowest BCUT2D eigenvalue weighted by molar-refractivity contribution is 0.0418. The number of benzene rings is 1. The predicted octanol–water partition coefficient (Wildman–Crippen LogP) is 2.29. The maximum atomic E-state index is 12.5. The molecule has 0 saturated heterocycles. The summed E-state index contributed by atoms with van der Waals surface area (Å²) in [4.78, 5) is 17.1. The molecule has 1 aromatic carbocycles. The Kier molecular flexibility index (Phi) is 5.69. The van der Waals surface area contributed by atoms with Crippen molar-refractivity contribution in [2.75, 3.05) is 19.8 Å². The van der Waals surface area contributed by atoms with Gasteiger partial charge in [0, 0.05) is 24.2 Å². The van der Waals surface area contributed by atoms with Crippen LogP contribution in [0.2, 0.25) is 0 Å². The van der Waals surface area contributed by atoms with Crippen LogP contribution in [0.1, 0.15) is 34.1 Å². The van der Waals surface area contributed by atoms with E-state index in [1.807, 2.05) is 39.8 Å². The minimum absolute atomic E-state index is 0.159. The molecule has 5 heteroatoms. The number of hydrogen-bond acceptors (Lipinski definition) is 4. The normalized spacial score (nSPS) is 12.4. The molecule has 0 fully saturated rings. The van der Waals surface area contributed by atoms with Crippen LogP contribution < -0.4 is 5.32 Å². The van der Waals surface area contributed by atoms with E-state index in [1.165, 1.54) is 0 Å². The molecule has 0 spiro atoms. The van der Waals surface area contributed by atoms with E-state index in [4.69, 9.17) is 4.74 Å². The molecule has 0 bridgehead atoms. The third-order valence-corrected chi connectivity index (χ3v) is 3.89. The van der Waals surface area contributed by atoms with Gasteiger partial charge in [0.25, 0.3) is 5.91 Å². The molecule has 0 saturated carbocycles. The third-order valence-electron chi connectivity index (χ3n) is 3.89. The zero-order valence-electron chi connectivity index (χ0n) is 14.1. The summed E-state index contributed by atoms with van der Waals surface area (Å²) in [5.74, 6) is -0.209. The first-order valence-corrected chi connectivity index (χ1v) is 7.85. The number of aromatic nitrogens is 1. The van der Waals surface area contributed by atoms with Crippen molar-refractivity contribution in [2.45, 2.75) is 33.8 Å². The standard InChI is InChI=1S/C18H24N2O3/c1-5-23-10-14(21)9-19-18(22)16-8-12(3)20-17-13(4)11(2)6-7-15(16)17/h6-8,14,21H,5,9-10H2,1-4H3,(H,19,22)/t14-/m1/s1. The lowest BCUT2D eigenvalue weighted by Crippen LogP contribution is -2.34. The lowest BCUT2D eigenvalue weighted by atomic mass is 10.0. The van der Waals surface area contributed by atoms with Gasteiger partial charge in [-0.25, -0.2) is 0 Å². The van der Waals surface area contributed by atoms with E-state index in [0.717, 1.165) is 27.7 Å². The van der Waals surface area contributed by atoms with Gasteiger partial charge in [0.1, 0.15) is 0 Å². The highest BCUT2D eigenvalue weighted by Gasteiger charge is 2.15. The molecule has 23 heavy (non-hydrogen) atoms. The molecule has 2 rings (SSSR count). The Balaban J connectivity index is 2.25. The summed E-state index contributed by atoms with van der Waals surface area (Å²) >= 11 is 0. The Hall–Kier alpha value is -1.98. The fraction of sp³-hybridized carbons (Fsp3) is 0.444. The number of carbonyl (C=O) groups excluding carboxylic acids is 1. The molecule has 1 amide bonds. The average Bonchev–Trinajstić information content (AvgIpc) is 2.53. The smallest absolute Gasteiger partial charge is 0.252 e. The first-order chi connectivity index (χ1) is 10.9. The number of carbonyl (C=O) groups is 1. The molecule has 1 heterocycles. The quantitative estimate of drug-likeness (QED) is 0.858. The molecule has 2 aromatic rings. The predicted molar refractivity (Wildman–Crippen MR) is 90.8 cm³/mol. The molecule has 0 aliphatic carbocycles. The third kappa shape index (κ3) is 4.06. The van der Waals surface area contributed by atoms with Gasteiger partial charge in [0.15, 0.2) is 0 Å². The highest BCUT2D eigenvalue weighted by Crippen LogP contribution is 2.23. The van der Waals surface area contributed by atoms with Gasteiger partial charge in [-0.05, 0) is 44.9 Å². The van der Waals surface area contributed by atoms with Crippen molar-refractivity contribution in [1.29, 1.82) is 0 Å². The number of aliphatic hydroxyl groups excluding tert-OH is 1. The largest absolute Gasteiger partial charge is 0.389 e. The highest BCUT2D eigenvalue weighted by atomic mass is 16.5. The van der Waals surface area contributed by atoms with Gasteiger partial charge in [-0.3, -0.25) is 9.78 Å². The van der Waals surface area contributed by atoms with E-state index in [0.29, 0.717) is 12.2 Å². The number of rotatable bonds is 6. The van der Waals surface area contributed by atoms with Gasteiger partial charge >= 0.3 is 0 Å². The van der Waals surface area contributed by atoms with Crippen LogP contribution in [-0.4, -0.2) is 41.9 Å². The first kappa shape index (κ1) is 17.4. The van der Waals surface area contributed by atoms with Crippen LogP contribution in [-0.2, 0) is 4.74 Å². The van der Waals surface area contributed by atoms with E-state index in [-0.39, 0.29) is 19.1 Å². The van der Waals surface area contributed by atoms with Crippen molar-refractivity contribution in [3.8, 4) is 0 Å². The average molecular weight is 316 g/mol. The molecule has 124 valence electrons. The van der Waals surface area contributed by atoms with Gasteiger partial charge in [-0.1, -0.05) is 12.1 Å². The summed E-state index contributed by atoms with van der Waals surface area (Å²) in [6, 6.07) is 5.70. The second kappa shape index (κ2) is 7.53. The Morgan fingerprint density at radius 1 is 1.35 bits per heavy atom. The minimum atomic E-state index is -0.711. The number of pyridine rings is 1. The van der Waals surface area contributed by atoms with Gasteiger partial charge in [0.05, 0.1) is 23.8 Å². The minimum Gasteiger partial charge on any atom is -0.389 e. The van der Waals surface area contributed by atoms with Crippen LogP contribution in [0.25, 0.3) is 10.9 Å². The van der Waals surface area contributed by atoms with Crippen molar-refractivity contribution < 1.29 is 14.6 Å². The van der Waals surface area contributed by atoms with Crippen molar-refractivity contribution in [3.63, 3.8) is 0 Å². The molecule has 5 nitrogen and oxygen atoms in total. The highest BCUT2D eigenvalue weighted by molar-refractivity contribution is 6.07. The zero-order chi connectivity index (χ0) is 17.0. The molecule has 0 radical (unpaired) electrons. The number of nitrogens with one attached hydrogen (secondary N) is 1. The van der Waals surface area contributed by atoms with Crippen molar-refractivity contribution >= 4 is 16.8 Å². The summed E-state index contributed by atoms with van der Waals surface area (Å²) in [5, 5.41) is 13.4. The van der Waals surface area contributed by atoms with Crippen LogP contribution in [0.3, 0.4) is 0 Å². The number of aryl methyl sites for hydroxylation is 3. The molecular formula is C18H24N2O3. The maximum absolute atomic E-state index is 12.5. The summed E-state index contributed by atoms with van der Waals surface area (Å²) in [6.07, 6.45) is -0.711. The molecule has 2 N–H and O–H groups in total. The summed E-state index contributed by atoms with van der Waals surface area (Å²) in [5.41, 5.74) is 4.46. The van der Waals surface area contributed by atoms with Crippen molar-refractivity contribution in [1.82, 2.24) is 10.3 Å². The van der Waals surface area contributed by atoms with Gasteiger partial charge < -0.3 is 15.2 Å². The SMILES string of the molecule is CCOC[C@H](O)CNC(=O)c1cc(C)nc2c(C)c(C)ccc12. The molecular weight excluding hydrogens is 292 g/mol. The Morgan fingerprint density at radius 3 is 2.78 bits per heavy atom. The first-order valence-electron chi connectivity index (χ1n) is 7.85. The summed E-state index contributed by atoms with van der Waals surface area (Å²) < 4.78 is 5.14. The van der Waals surface area contributed by atoms with E-state index in [9.17, 15) is 9.90 Å². The number of aliphatic hydroxyl groups is 1. The van der Waals surface area contributed by atoms with Gasteiger partial charge in [-0.15, -0.1) is 0 Å². The number of amides is 1. The number of hydrogen-bond donors (Lipinski definition) is 2. The van der Waals surface area contributed by atoms with Crippen LogP contribution in [0, 0.1) is 20.8 Å². The van der Waals surface area contributed by atoms with E-state index < -0.39 is 6.10 Å². The molecule has 0 aliphatic rings. The van der Waals surface area contributed by atoms with Gasteiger partial charge in [-0.2, -0.15) is 0 Å². The van der Waals surface area contributed by atoms with E-state index in [1.54, 1.807) is 6.07 Å². The topological polar surface area (TPSA) is 71.5 Å². The van der Waals surface area contributed by atoms with Crippen molar-refractivity contribution in [3.05, 3.63) is 40.6 Å². The Bertz CT molecular complexity index is 713. The molecule has 1 atom stereocenters. The van der Waals surface area contributed by atoms with Crippen molar-refractivity contribution in [2.24, 2.45) is 0 Å². The second-order valence-corrected chi connectivity index (χ2v) is 5.74. The second-order valence-electron chi connectivity index (χ2n) is 5.74. The van der Waals surface area contributed by atoms with E-state index in [2.05, 4.69) is 10.3 Å². The van der Waals surface area contributed by atoms with Crippen LogP contribution >= 0.6 is 0 Å². The van der Waals surface area contributed by atoms with Crippen LogP contribution in [0.4, 0.5) is 0 Å². The lowest BCUT2D eigenvalue weighted by Gasteiger charge is -2.14. The summed E-state index contributed by atoms with van der Waals surface area (Å²) in [6.45, 7) is 8.69. The zero-order valence-corrected chi connectivity index (χ0v) is 14.1. The molecule has 0 unspecified atom stereocenters. The monoisotopic (exact) mass is 316 g/mol. The van der Waals surface area contributed by atoms with Crippen LogP contribution in [0.15, 0.2) is 18.2 Å².